The molecule has 5 heteroatoms. The topological polar surface area (TPSA) is 63.4 Å². The van der Waals surface area contributed by atoms with Crippen LogP contribution < -0.4 is 5.73 Å². The fourth-order valence-electron chi connectivity index (χ4n) is 1.79. The van der Waals surface area contributed by atoms with E-state index in [1.165, 1.54) is 4.31 Å². The quantitative estimate of drug-likeness (QED) is 0.768. The van der Waals surface area contributed by atoms with E-state index in [1.54, 1.807) is 19.2 Å². The summed E-state index contributed by atoms with van der Waals surface area (Å²) in [4.78, 5) is 0.395. The highest BCUT2D eigenvalue weighted by Gasteiger charge is 2.21. The summed E-state index contributed by atoms with van der Waals surface area (Å²) in [5.41, 5.74) is 6.19. The van der Waals surface area contributed by atoms with Gasteiger partial charge in [0, 0.05) is 13.6 Å². The predicted octanol–water partition coefficient (Wildman–Crippen LogP) is 1.74. The van der Waals surface area contributed by atoms with Gasteiger partial charge in [0.15, 0.2) is 0 Å². The Hall–Kier alpha value is -0.910. The molecule has 0 atom stereocenters. The lowest BCUT2D eigenvalue weighted by molar-refractivity contribution is 0.452. The Morgan fingerprint density at radius 3 is 2.44 bits per heavy atom. The van der Waals surface area contributed by atoms with Crippen LogP contribution in [0.4, 0.5) is 0 Å². The van der Waals surface area contributed by atoms with Crippen LogP contribution >= 0.6 is 0 Å². The predicted molar refractivity (Wildman–Crippen MR) is 73.9 cm³/mol. The number of benzene rings is 1. The Bertz CT molecular complexity index is 472. The van der Waals surface area contributed by atoms with E-state index in [2.05, 4.69) is 0 Å². The molecule has 18 heavy (non-hydrogen) atoms. The zero-order chi connectivity index (χ0) is 13.6. The Morgan fingerprint density at radius 2 is 1.83 bits per heavy atom. The molecule has 0 spiro atoms. The van der Waals surface area contributed by atoms with Crippen LogP contribution in [0.15, 0.2) is 29.2 Å². The first-order chi connectivity index (χ1) is 8.50. The van der Waals surface area contributed by atoms with E-state index >= 15 is 0 Å². The molecule has 0 aliphatic carbocycles. The van der Waals surface area contributed by atoms with Gasteiger partial charge in [-0.25, -0.2) is 12.7 Å². The van der Waals surface area contributed by atoms with Gasteiger partial charge in [-0.3, -0.25) is 0 Å². The van der Waals surface area contributed by atoms with E-state index in [1.807, 2.05) is 19.1 Å². The normalized spacial score (nSPS) is 12.0. The van der Waals surface area contributed by atoms with Crippen molar-refractivity contribution in [3.8, 4) is 0 Å². The maximum Gasteiger partial charge on any atom is 0.243 e. The van der Waals surface area contributed by atoms with Gasteiger partial charge in [-0.1, -0.05) is 24.6 Å². The molecule has 0 heterocycles. The van der Waals surface area contributed by atoms with E-state index in [4.69, 9.17) is 5.73 Å². The molecule has 2 N–H and O–H groups in total. The molecule has 0 aliphatic heterocycles. The first-order valence-electron chi connectivity index (χ1n) is 6.22. The van der Waals surface area contributed by atoms with E-state index in [9.17, 15) is 8.42 Å². The Kier molecular flexibility index (Phi) is 5.78. The SMILES string of the molecule is Cc1ccccc1S(=O)(=O)N(C)CCCCCN. The van der Waals surface area contributed by atoms with Gasteiger partial charge < -0.3 is 5.73 Å². The molecule has 0 aliphatic rings. The summed E-state index contributed by atoms with van der Waals surface area (Å²) in [6, 6.07) is 7.06. The first kappa shape index (κ1) is 15.1. The molecule has 0 radical (unpaired) electrons. The van der Waals surface area contributed by atoms with Crippen molar-refractivity contribution in [2.24, 2.45) is 5.73 Å². The van der Waals surface area contributed by atoms with E-state index < -0.39 is 10.0 Å². The Labute approximate surface area is 110 Å². The van der Waals surface area contributed by atoms with E-state index in [-0.39, 0.29) is 0 Å². The van der Waals surface area contributed by atoms with Crippen LogP contribution in [0, 0.1) is 6.92 Å². The molecule has 0 unspecified atom stereocenters. The van der Waals surface area contributed by atoms with Gasteiger partial charge in [0.1, 0.15) is 0 Å². The lowest BCUT2D eigenvalue weighted by Crippen LogP contribution is -2.28. The van der Waals surface area contributed by atoms with Crippen molar-refractivity contribution >= 4 is 10.0 Å². The summed E-state index contributed by atoms with van der Waals surface area (Å²) in [7, 11) is -1.73. The second-order valence-electron chi connectivity index (χ2n) is 4.44. The minimum Gasteiger partial charge on any atom is -0.330 e. The second kappa shape index (κ2) is 6.87. The average Bonchev–Trinajstić information content (AvgIpc) is 2.34. The molecular weight excluding hydrogens is 248 g/mol. The number of sulfonamides is 1. The second-order valence-corrected chi connectivity index (χ2v) is 6.45. The standard InChI is InChI=1S/C13H22N2O2S/c1-12-8-4-5-9-13(12)18(16,17)15(2)11-7-3-6-10-14/h4-5,8-9H,3,6-7,10-11,14H2,1-2H3. The van der Waals surface area contributed by atoms with Gasteiger partial charge in [0.25, 0.3) is 0 Å². The summed E-state index contributed by atoms with van der Waals surface area (Å²) in [5, 5.41) is 0. The van der Waals surface area contributed by atoms with Crippen LogP contribution in [-0.4, -0.2) is 32.9 Å². The minimum atomic E-state index is -3.35. The van der Waals surface area contributed by atoms with Crippen LogP contribution in [0.1, 0.15) is 24.8 Å². The van der Waals surface area contributed by atoms with Gasteiger partial charge in [0.2, 0.25) is 10.0 Å². The van der Waals surface area contributed by atoms with E-state index in [0.29, 0.717) is 18.0 Å². The van der Waals surface area contributed by atoms with Crippen molar-refractivity contribution in [1.29, 1.82) is 0 Å². The number of unbranched alkanes of at least 4 members (excludes halogenated alkanes) is 2. The summed E-state index contributed by atoms with van der Waals surface area (Å²) in [5.74, 6) is 0. The van der Waals surface area contributed by atoms with Gasteiger partial charge in [-0.2, -0.15) is 0 Å². The van der Waals surface area contributed by atoms with Crippen molar-refractivity contribution in [2.75, 3.05) is 20.1 Å². The van der Waals surface area contributed by atoms with Gasteiger partial charge in [-0.15, -0.1) is 0 Å². The molecule has 0 amide bonds. The molecule has 0 fully saturated rings. The zero-order valence-corrected chi connectivity index (χ0v) is 11.9. The number of aryl methyl sites for hydroxylation is 1. The first-order valence-corrected chi connectivity index (χ1v) is 7.66. The highest BCUT2D eigenvalue weighted by atomic mass is 32.2. The third kappa shape index (κ3) is 3.80. The molecule has 0 saturated carbocycles. The third-order valence-electron chi connectivity index (χ3n) is 2.96. The van der Waals surface area contributed by atoms with Crippen molar-refractivity contribution in [2.45, 2.75) is 31.1 Å². The fraction of sp³-hybridized carbons (Fsp3) is 0.538. The van der Waals surface area contributed by atoms with Crippen LogP contribution in [0.2, 0.25) is 0 Å². The molecule has 1 aromatic carbocycles. The monoisotopic (exact) mass is 270 g/mol. The van der Waals surface area contributed by atoms with Gasteiger partial charge >= 0.3 is 0 Å². The van der Waals surface area contributed by atoms with Crippen molar-refractivity contribution in [1.82, 2.24) is 4.31 Å². The van der Waals surface area contributed by atoms with Crippen LogP contribution in [0.5, 0.6) is 0 Å². The summed E-state index contributed by atoms with van der Waals surface area (Å²) < 4.78 is 26.1. The van der Waals surface area contributed by atoms with Crippen LogP contribution in [0.25, 0.3) is 0 Å². The lowest BCUT2D eigenvalue weighted by Gasteiger charge is -2.18. The number of nitrogens with zero attached hydrogens (tertiary/aromatic N) is 1. The number of hydrogen-bond acceptors (Lipinski definition) is 3. The Balaban J connectivity index is 2.72. The summed E-state index contributed by atoms with van der Waals surface area (Å²) in [6.07, 6.45) is 2.75. The third-order valence-corrected chi connectivity index (χ3v) is 4.98. The number of rotatable bonds is 7. The lowest BCUT2D eigenvalue weighted by atomic mass is 10.2. The fourth-order valence-corrected chi connectivity index (χ4v) is 3.22. The van der Waals surface area contributed by atoms with Gasteiger partial charge in [-0.05, 0) is 37.9 Å². The number of nitrogens with two attached hydrogens (primary N) is 1. The highest BCUT2D eigenvalue weighted by molar-refractivity contribution is 7.89. The molecule has 0 bridgehead atoms. The molecule has 1 rings (SSSR count). The van der Waals surface area contributed by atoms with Crippen LogP contribution in [-0.2, 0) is 10.0 Å². The van der Waals surface area contributed by atoms with Crippen molar-refractivity contribution < 1.29 is 8.42 Å². The molecular formula is C13H22N2O2S. The van der Waals surface area contributed by atoms with E-state index in [0.717, 1.165) is 24.8 Å². The summed E-state index contributed by atoms with van der Waals surface area (Å²) >= 11 is 0. The van der Waals surface area contributed by atoms with Gasteiger partial charge in [0.05, 0.1) is 4.90 Å². The smallest absolute Gasteiger partial charge is 0.243 e. The Morgan fingerprint density at radius 1 is 1.17 bits per heavy atom. The maximum absolute atomic E-state index is 12.3. The molecule has 0 saturated heterocycles. The van der Waals surface area contributed by atoms with Crippen molar-refractivity contribution in [3.63, 3.8) is 0 Å². The number of hydrogen-bond donors (Lipinski definition) is 1. The zero-order valence-electron chi connectivity index (χ0n) is 11.1. The van der Waals surface area contributed by atoms with Crippen LogP contribution in [0.3, 0.4) is 0 Å². The largest absolute Gasteiger partial charge is 0.330 e. The molecule has 0 aromatic heterocycles. The summed E-state index contributed by atoms with van der Waals surface area (Å²) in [6.45, 7) is 3.01. The molecule has 1 aromatic rings. The molecule has 102 valence electrons. The minimum absolute atomic E-state index is 0.395. The highest BCUT2D eigenvalue weighted by Crippen LogP contribution is 2.18. The molecule has 4 nitrogen and oxygen atoms in total. The maximum atomic E-state index is 12.3. The average molecular weight is 270 g/mol. The van der Waals surface area contributed by atoms with Crippen molar-refractivity contribution in [3.05, 3.63) is 29.8 Å².